The van der Waals surface area contributed by atoms with Crippen LogP contribution < -0.4 is 4.74 Å². The Labute approximate surface area is 160 Å². The monoisotopic (exact) mass is 387 g/mol. The van der Waals surface area contributed by atoms with E-state index in [0.717, 1.165) is 5.56 Å². The summed E-state index contributed by atoms with van der Waals surface area (Å²) in [5.74, 6) is -0.172. The smallest absolute Gasteiger partial charge is 0.331 e. The van der Waals surface area contributed by atoms with Crippen LogP contribution in [0.2, 0.25) is 5.02 Å². The van der Waals surface area contributed by atoms with Crippen molar-refractivity contribution >= 4 is 23.6 Å². The van der Waals surface area contributed by atoms with Gasteiger partial charge in [0.25, 0.3) is 0 Å². The highest BCUT2D eigenvalue weighted by Crippen LogP contribution is 2.22. The number of oxazole rings is 1. The molecular formula is C20H15ClFNO4. The molecule has 0 aliphatic rings. The summed E-state index contributed by atoms with van der Waals surface area (Å²) in [7, 11) is 1.38. The molecule has 3 rings (SSSR count). The van der Waals surface area contributed by atoms with Gasteiger partial charge in [-0.05, 0) is 48.0 Å². The summed E-state index contributed by atoms with van der Waals surface area (Å²) in [5.41, 5.74) is 1.32. The molecule has 3 aromatic rings. The minimum absolute atomic E-state index is 0.117. The fraction of sp³-hybridized carbons (Fsp3) is 0.100. The van der Waals surface area contributed by atoms with E-state index in [-0.39, 0.29) is 18.2 Å². The van der Waals surface area contributed by atoms with Gasteiger partial charge in [-0.15, -0.1) is 0 Å². The van der Waals surface area contributed by atoms with Crippen LogP contribution in [-0.2, 0) is 16.1 Å². The Balaban J connectivity index is 1.56. The first-order chi connectivity index (χ1) is 13.0. The molecule has 0 atom stereocenters. The molecule has 0 unspecified atom stereocenters. The molecule has 138 valence electrons. The second-order valence-corrected chi connectivity index (χ2v) is 5.90. The molecule has 0 spiro atoms. The Bertz CT molecular complexity index is 966. The van der Waals surface area contributed by atoms with Gasteiger partial charge in [-0.2, -0.15) is 0 Å². The lowest BCUT2D eigenvalue weighted by molar-refractivity contribution is -0.139. The van der Waals surface area contributed by atoms with Gasteiger partial charge in [-0.25, -0.2) is 14.2 Å². The van der Waals surface area contributed by atoms with Gasteiger partial charge in [0.05, 0.1) is 13.3 Å². The average molecular weight is 388 g/mol. The van der Waals surface area contributed by atoms with Crippen molar-refractivity contribution in [2.45, 2.75) is 6.61 Å². The topological polar surface area (TPSA) is 61.6 Å². The van der Waals surface area contributed by atoms with E-state index in [0.29, 0.717) is 16.3 Å². The highest BCUT2D eigenvalue weighted by atomic mass is 35.5. The van der Waals surface area contributed by atoms with E-state index in [1.807, 2.05) is 0 Å². The third-order valence-corrected chi connectivity index (χ3v) is 3.86. The minimum Gasteiger partial charge on any atom is -0.494 e. The Morgan fingerprint density at radius 2 is 2.04 bits per heavy atom. The number of rotatable bonds is 6. The molecular weight excluding hydrogens is 373 g/mol. The zero-order valence-corrected chi connectivity index (χ0v) is 15.1. The molecule has 0 amide bonds. The van der Waals surface area contributed by atoms with Crippen LogP contribution in [-0.4, -0.2) is 18.1 Å². The Hall–Kier alpha value is -3.12. The van der Waals surface area contributed by atoms with Crippen LogP contribution in [0.15, 0.2) is 59.2 Å². The van der Waals surface area contributed by atoms with Crippen LogP contribution in [0.1, 0.15) is 11.5 Å². The van der Waals surface area contributed by atoms with Crippen LogP contribution in [0.5, 0.6) is 5.75 Å². The number of benzene rings is 2. The number of halogens is 2. The molecule has 1 heterocycles. The number of methoxy groups -OCH3 is 1. The third kappa shape index (κ3) is 4.95. The molecule has 0 saturated heterocycles. The average Bonchev–Trinajstić information content (AvgIpc) is 3.14. The van der Waals surface area contributed by atoms with E-state index in [1.165, 1.54) is 31.4 Å². The first-order valence-corrected chi connectivity index (χ1v) is 8.32. The van der Waals surface area contributed by atoms with Crippen molar-refractivity contribution in [3.05, 3.63) is 77.0 Å². The van der Waals surface area contributed by atoms with Gasteiger partial charge in [-0.1, -0.05) is 17.7 Å². The maximum atomic E-state index is 13.6. The number of hydrogen-bond acceptors (Lipinski definition) is 5. The summed E-state index contributed by atoms with van der Waals surface area (Å²) in [4.78, 5) is 15.9. The van der Waals surface area contributed by atoms with Crippen molar-refractivity contribution < 1.29 is 23.1 Å². The molecule has 0 saturated carbocycles. The van der Waals surface area contributed by atoms with Crippen molar-refractivity contribution in [2.24, 2.45) is 0 Å². The van der Waals surface area contributed by atoms with Gasteiger partial charge in [-0.3, -0.25) is 0 Å². The summed E-state index contributed by atoms with van der Waals surface area (Å²) in [6.07, 6.45) is 4.19. The number of ether oxygens (including phenoxy) is 2. The number of aromatic nitrogens is 1. The Morgan fingerprint density at radius 1 is 1.26 bits per heavy atom. The van der Waals surface area contributed by atoms with Gasteiger partial charge >= 0.3 is 5.97 Å². The lowest BCUT2D eigenvalue weighted by Gasteiger charge is -2.02. The summed E-state index contributed by atoms with van der Waals surface area (Å²) >= 11 is 5.85. The van der Waals surface area contributed by atoms with Gasteiger partial charge in [0.2, 0.25) is 5.89 Å². The normalized spacial score (nSPS) is 10.9. The Morgan fingerprint density at radius 3 is 2.74 bits per heavy atom. The van der Waals surface area contributed by atoms with Crippen molar-refractivity contribution in [2.75, 3.05) is 7.11 Å². The van der Waals surface area contributed by atoms with Crippen molar-refractivity contribution in [3.8, 4) is 17.1 Å². The van der Waals surface area contributed by atoms with Gasteiger partial charge in [0.1, 0.15) is 0 Å². The molecule has 0 bridgehead atoms. The van der Waals surface area contributed by atoms with E-state index in [1.54, 1.807) is 36.5 Å². The van der Waals surface area contributed by atoms with Crippen molar-refractivity contribution in [1.82, 2.24) is 4.98 Å². The fourth-order valence-corrected chi connectivity index (χ4v) is 2.38. The van der Waals surface area contributed by atoms with E-state index in [2.05, 4.69) is 4.98 Å². The molecule has 2 aromatic carbocycles. The maximum Gasteiger partial charge on any atom is 0.331 e. The predicted octanol–water partition coefficient (Wildman–Crippen LogP) is 4.90. The molecule has 0 aliphatic heterocycles. The Kier molecular flexibility index (Phi) is 5.88. The fourth-order valence-electron chi connectivity index (χ4n) is 2.26. The van der Waals surface area contributed by atoms with Crippen LogP contribution in [0, 0.1) is 5.82 Å². The van der Waals surface area contributed by atoms with Crippen molar-refractivity contribution in [3.63, 3.8) is 0 Å². The molecule has 5 nitrogen and oxygen atoms in total. The number of nitrogens with zero attached hydrogens (tertiary/aromatic N) is 1. The molecule has 27 heavy (non-hydrogen) atoms. The highest BCUT2D eigenvalue weighted by molar-refractivity contribution is 6.30. The second-order valence-electron chi connectivity index (χ2n) is 5.46. The lowest BCUT2D eigenvalue weighted by atomic mass is 10.2. The van der Waals surface area contributed by atoms with E-state index in [4.69, 9.17) is 25.5 Å². The number of carbonyl (C=O) groups is 1. The molecule has 0 fully saturated rings. The molecule has 0 N–H and O–H groups in total. The van der Waals surface area contributed by atoms with Crippen LogP contribution in [0.25, 0.3) is 17.4 Å². The summed E-state index contributed by atoms with van der Waals surface area (Å²) in [6, 6.07) is 11.4. The van der Waals surface area contributed by atoms with Crippen LogP contribution >= 0.6 is 11.6 Å². The van der Waals surface area contributed by atoms with E-state index in [9.17, 15) is 9.18 Å². The third-order valence-electron chi connectivity index (χ3n) is 3.61. The van der Waals surface area contributed by atoms with Gasteiger partial charge < -0.3 is 13.9 Å². The second kappa shape index (κ2) is 8.51. The number of esters is 1. The van der Waals surface area contributed by atoms with Gasteiger partial charge in [0, 0.05) is 16.7 Å². The minimum atomic E-state index is -0.600. The maximum absolute atomic E-state index is 13.6. The predicted molar refractivity (Wildman–Crippen MR) is 98.7 cm³/mol. The molecule has 0 aliphatic carbocycles. The van der Waals surface area contributed by atoms with E-state index >= 15 is 0 Å². The summed E-state index contributed by atoms with van der Waals surface area (Å²) < 4.78 is 29.1. The molecule has 1 aromatic heterocycles. The standard InChI is InChI=1S/C20H15ClFNO4/c1-25-17-8-2-13(10-16(17)22)3-9-20(24)26-12-19-23-11-18(27-19)14-4-6-15(21)7-5-14/h2-11H,12H2,1H3/b9-3+. The van der Waals surface area contributed by atoms with Crippen LogP contribution in [0.4, 0.5) is 4.39 Å². The number of hydrogen-bond donors (Lipinski definition) is 0. The lowest BCUT2D eigenvalue weighted by Crippen LogP contribution is -2.00. The quantitative estimate of drug-likeness (QED) is 0.444. The summed E-state index contributed by atoms with van der Waals surface area (Å²) in [6.45, 7) is -0.117. The van der Waals surface area contributed by atoms with Crippen LogP contribution in [0.3, 0.4) is 0 Å². The zero-order chi connectivity index (χ0) is 19.2. The highest BCUT2D eigenvalue weighted by Gasteiger charge is 2.08. The van der Waals surface area contributed by atoms with E-state index < -0.39 is 11.8 Å². The van der Waals surface area contributed by atoms with Gasteiger partial charge in [0.15, 0.2) is 23.9 Å². The first kappa shape index (κ1) is 18.7. The van der Waals surface area contributed by atoms with Crippen molar-refractivity contribution in [1.29, 1.82) is 0 Å². The largest absolute Gasteiger partial charge is 0.494 e. The first-order valence-electron chi connectivity index (χ1n) is 7.94. The zero-order valence-electron chi connectivity index (χ0n) is 14.3. The molecule has 0 radical (unpaired) electrons. The number of carbonyl (C=O) groups excluding carboxylic acids is 1. The SMILES string of the molecule is COc1ccc(/C=C/C(=O)OCc2ncc(-c3ccc(Cl)cc3)o2)cc1F. The summed E-state index contributed by atoms with van der Waals surface area (Å²) in [5, 5.41) is 0.621. The molecule has 7 heteroatoms.